The summed E-state index contributed by atoms with van der Waals surface area (Å²) in [6.45, 7) is 4.03. The summed E-state index contributed by atoms with van der Waals surface area (Å²) < 4.78 is 7.27. The van der Waals surface area contributed by atoms with Crippen LogP contribution < -0.4 is 5.32 Å². The average Bonchev–Trinajstić information content (AvgIpc) is 3.21. The van der Waals surface area contributed by atoms with Crippen molar-refractivity contribution in [1.29, 1.82) is 0 Å². The molecule has 0 bridgehead atoms. The maximum atomic E-state index is 12.3. The van der Waals surface area contributed by atoms with Crippen molar-refractivity contribution in [3.8, 4) is 0 Å². The van der Waals surface area contributed by atoms with Gasteiger partial charge in [-0.25, -0.2) is 4.98 Å². The molecule has 3 rings (SSSR count). The number of pyridine rings is 1. The number of thioether (sulfide) groups is 1. The van der Waals surface area contributed by atoms with Crippen LogP contribution in [0.25, 0.3) is 5.65 Å². The van der Waals surface area contributed by atoms with E-state index in [4.69, 9.17) is 4.74 Å². The highest BCUT2D eigenvalue weighted by atomic mass is 32.2. The number of nitrogens with one attached hydrogen (secondary N) is 1. The lowest BCUT2D eigenvalue weighted by Gasteiger charge is -1.98. The van der Waals surface area contributed by atoms with Gasteiger partial charge < -0.3 is 9.14 Å². The molecule has 0 saturated heterocycles. The van der Waals surface area contributed by atoms with Gasteiger partial charge in [0.2, 0.25) is 5.13 Å². The maximum absolute atomic E-state index is 12.3. The zero-order valence-electron chi connectivity index (χ0n) is 13.6. The molecule has 0 fully saturated rings. The van der Waals surface area contributed by atoms with Crippen molar-refractivity contribution in [3.05, 3.63) is 35.8 Å². The van der Waals surface area contributed by atoms with Crippen LogP contribution in [0.2, 0.25) is 0 Å². The number of nitrogens with zero attached hydrogens (tertiary/aromatic N) is 4. The molecule has 25 heavy (non-hydrogen) atoms. The molecule has 0 spiro atoms. The SMILES string of the molecule is CCOC(=O)CSc1nnc(NC(=O)c2cn3c(C)cccc3n2)s1. The molecule has 0 atom stereocenters. The Morgan fingerprint density at radius 1 is 1.36 bits per heavy atom. The zero-order chi connectivity index (χ0) is 17.8. The van der Waals surface area contributed by atoms with Crippen molar-refractivity contribution in [2.75, 3.05) is 17.7 Å². The number of imidazole rings is 1. The molecule has 0 radical (unpaired) electrons. The van der Waals surface area contributed by atoms with Crippen LogP contribution >= 0.6 is 23.1 Å². The lowest BCUT2D eigenvalue weighted by atomic mass is 10.4. The number of ether oxygens (including phenoxy) is 1. The van der Waals surface area contributed by atoms with Crippen LogP contribution in [0.3, 0.4) is 0 Å². The third-order valence-electron chi connectivity index (χ3n) is 3.17. The molecule has 1 amide bonds. The summed E-state index contributed by atoms with van der Waals surface area (Å²) >= 11 is 2.41. The molecule has 3 aromatic rings. The summed E-state index contributed by atoms with van der Waals surface area (Å²) in [5.41, 5.74) is 1.98. The third-order valence-corrected chi connectivity index (χ3v) is 5.12. The Kier molecular flexibility index (Phi) is 5.29. The summed E-state index contributed by atoms with van der Waals surface area (Å²) in [4.78, 5) is 28.0. The van der Waals surface area contributed by atoms with E-state index in [1.54, 1.807) is 13.1 Å². The third kappa shape index (κ3) is 4.15. The first kappa shape index (κ1) is 17.4. The highest BCUT2D eigenvalue weighted by molar-refractivity contribution is 8.01. The summed E-state index contributed by atoms with van der Waals surface area (Å²) in [7, 11) is 0. The molecule has 0 aliphatic rings. The first-order chi connectivity index (χ1) is 12.1. The number of esters is 1. The standard InChI is InChI=1S/C15H15N5O3S2/c1-3-23-12(21)8-24-15-19-18-14(25-15)17-13(22)10-7-20-9(2)5-4-6-11(20)16-10/h4-7H,3,8H2,1-2H3,(H,17,18,22). The second-order valence-corrected chi connectivity index (χ2v) is 7.14. The smallest absolute Gasteiger partial charge is 0.316 e. The predicted octanol–water partition coefficient (Wildman–Crippen LogP) is 2.40. The minimum Gasteiger partial charge on any atom is -0.465 e. The monoisotopic (exact) mass is 377 g/mol. The maximum Gasteiger partial charge on any atom is 0.316 e. The highest BCUT2D eigenvalue weighted by Gasteiger charge is 2.15. The molecule has 10 heteroatoms. The van der Waals surface area contributed by atoms with Crippen molar-refractivity contribution < 1.29 is 14.3 Å². The summed E-state index contributed by atoms with van der Waals surface area (Å²) in [6, 6.07) is 5.66. The summed E-state index contributed by atoms with van der Waals surface area (Å²) in [5, 5.41) is 10.9. The summed E-state index contributed by atoms with van der Waals surface area (Å²) in [5.74, 6) is -0.517. The minimum absolute atomic E-state index is 0.155. The number of carbonyl (C=O) groups is 2. The van der Waals surface area contributed by atoms with E-state index in [-0.39, 0.29) is 17.6 Å². The second-order valence-electron chi connectivity index (χ2n) is 4.94. The molecular formula is C15H15N5O3S2. The Morgan fingerprint density at radius 3 is 2.96 bits per heavy atom. The van der Waals surface area contributed by atoms with Crippen molar-refractivity contribution in [1.82, 2.24) is 19.6 Å². The quantitative estimate of drug-likeness (QED) is 0.400. The molecule has 0 aliphatic carbocycles. The molecule has 3 aromatic heterocycles. The van der Waals surface area contributed by atoms with Gasteiger partial charge in [-0.05, 0) is 26.0 Å². The second kappa shape index (κ2) is 7.62. The van der Waals surface area contributed by atoms with E-state index in [0.29, 0.717) is 27.4 Å². The van der Waals surface area contributed by atoms with E-state index in [0.717, 1.165) is 5.69 Å². The van der Waals surface area contributed by atoms with Gasteiger partial charge in [-0.1, -0.05) is 29.2 Å². The molecular weight excluding hydrogens is 362 g/mol. The van der Waals surface area contributed by atoms with E-state index >= 15 is 0 Å². The van der Waals surface area contributed by atoms with Crippen molar-refractivity contribution in [2.45, 2.75) is 18.2 Å². The molecule has 3 heterocycles. The van der Waals surface area contributed by atoms with Crippen LogP contribution in [0.15, 0.2) is 28.7 Å². The van der Waals surface area contributed by atoms with Gasteiger partial charge in [0.05, 0.1) is 12.4 Å². The first-order valence-corrected chi connectivity index (χ1v) is 9.25. The first-order valence-electron chi connectivity index (χ1n) is 7.45. The highest BCUT2D eigenvalue weighted by Crippen LogP contribution is 2.25. The topological polar surface area (TPSA) is 98.5 Å². The number of hydrogen-bond acceptors (Lipinski definition) is 8. The van der Waals surface area contributed by atoms with Crippen LogP contribution in [-0.4, -0.2) is 43.8 Å². The lowest BCUT2D eigenvalue weighted by molar-refractivity contribution is -0.139. The number of hydrogen-bond donors (Lipinski definition) is 1. The Morgan fingerprint density at radius 2 is 2.20 bits per heavy atom. The van der Waals surface area contributed by atoms with Crippen LogP contribution in [0.5, 0.6) is 0 Å². The molecule has 8 nitrogen and oxygen atoms in total. The van der Waals surface area contributed by atoms with E-state index in [1.807, 2.05) is 29.5 Å². The molecule has 0 aromatic carbocycles. The van der Waals surface area contributed by atoms with Gasteiger partial charge in [0, 0.05) is 11.9 Å². The fourth-order valence-electron chi connectivity index (χ4n) is 2.06. The van der Waals surface area contributed by atoms with Crippen molar-refractivity contribution in [2.24, 2.45) is 0 Å². The average molecular weight is 377 g/mol. The number of anilines is 1. The number of amides is 1. The van der Waals surface area contributed by atoms with Gasteiger partial charge in [-0.15, -0.1) is 10.2 Å². The number of fused-ring (bicyclic) bond motifs is 1. The van der Waals surface area contributed by atoms with E-state index in [9.17, 15) is 9.59 Å². The zero-order valence-corrected chi connectivity index (χ0v) is 15.2. The fraction of sp³-hybridized carbons (Fsp3) is 0.267. The van der Waals surface area contributed by atoms with Gasteiger partial charge >= 0.3 is 5.97 Å². The van der Waals surface area contributed by atoms with Crippen LogP contribution in [0.4, 0.5) is 5.13 Å². The Balaban J connectivity index is 1.64. The summed E-state index contributed by atoms with van der Waals surface area (Å²) in [6.07, 6.45) is 1.68. The number of rotatable bonds is 6. The van der Waals surface area contributed by atoms with Gasteiger partial charge in [0.25, 0.3) is 5.91 Å². The molecule has 1 N–H and O–H groups in total. The van der Waals surface area contributed by atoms with Crippen molar-refractivity contribution >= 4 is 45.8 Å². The van der Waals surface area contributed by atoms with E-state index in [1.165, 1.54) is 23.1 Å². The molecule has 130 valence electrons. The molecule has 0 unspecified atom stereocenters. The number of aromatic nitrogens is 4. The fourth-order valence-corrected chi connectivity index (χ4v) is 3.61. The van der Waals surface area contributed by atoms with Crippen LogP contribution in [0, 0.1) is 6.92 Å². The Bertz CT molecular complexity index is 921. The number of aryl methyl sites for hydroxylation is 1. The van der Waals surface area contributed by atoms with E-state index in [2.05, 4.69) is 20.5 Å². The number of carbonyl (C=O) groups excluding carboxylic acids is 2. The Hall–Kier alpha value is -2.46. The van der Waals surface area contributed by atoms with Gasteiger partial charge in [0.15, 0.2) is 4.34 Å². The molecule has 0 saturated carbocycles. The lowest BCUT2D eigenvalue weighted by Crippen LogP contribution is -2.12. The van der Waals surface area contributed by atoms with Gasteiger partial charge in [-0.3, -0.25) is 14.9 Å². The largest absolute Gasteiger partial charge is 0.465 e. The van der Waals surface area contributed by atoms with Gasteiger partial charge in [0.1, 0.15) is 11.3 Å². The predicted molar refractivity (Wildman–Crippen MR) is 95.1 cm³/mol. The normalized spacial score (nSPS) is 10.8. The van der Waals surface area contributed by atoms with Crippen molar-refractivity contribution in [3.63, 3.8) is 0 Å². The van der Waals surface area contributed by atoms with Crippen LogP contribution in [0.1, 0.15) is 23.1 Å². The van der Waals surface area contributed by atoms with E-state index < -0.39 is 0 Å². The molecule has 0 aliphatic heterocycles. The minimum atomic E-state index is -0.360. The van der Waals surface area contributed by atoms with Crippen LogP contribution in [-0.2, 0) is 9.53 Å². The Labute approximate surface area is 151 Å². The van der Waals surface area contributed by atoms with Gasteiger partial charge in [-0.2, -0.15) is 0 Å².